The number of benzene rings is 5. The molecule has 0 radical (unpaired) electrons. The lowest BCUT2D eigenvalue weighted by atomic mass is 10.2. The molecule has 0 bridgehead atoms. The molecule has 2 atom stereocenters. The molecule has 0 aliphatic carbocycles. The molecule has 4 aliphatic heterocycles. The van der Waals surface area contributed by atoms with Gasteiger partial charge in [-0.15, -0.1) is 0 Å². The van der Waals surface area contributed by atoms with Crippen molar-refractivity contribution in [3.63, 3.8) is 0 Å². The number of hydrogen-bond acceptors (Lipinski definition) is 8. The maximum atomic E-state index is 14.0. The van der Waals surface area contributed by atoms with Crippen LogP contribution in [0.5, 0.6) is 0 Å². The number of anilines is 2. The van der Waals surface area contributed by atoms with Gasteiger partial charge in [-0.3, -0.25) is 19.4 Å². The number of nitrogens with one attached hydrogen (secondary N) is 2. The summed E-state index contributed by atoms with van der Waals surface area (Å²) in [7, 11) is 0. The van der Waals surface area contributed by atoms with E-state index in [2.05, 4.69) is 22.8 Å². The maximum absolute atomic E-state index is 14.0. The zero-order chi connectivity index (χ0) is 36.4. The van der Waals surface area contributed by atoms with Crippen LogP contribution in [0.3, 0.4) is 0 Å². The number of nitrogens with zero attached hydrogens (tertiary/aromatic N) is 4. The number of thioether (sulfide) groups is 2. The first-order valence-corrected chi connectivity index (χ1v) is 19.2. The summed E-state index contributed by atoms with van der Waals surface area (Å²) in [5.74, 6) is 0.848. The lowest BCUT2D eigenvalue weighted by molar-refractivity contribution is -0.123. The Morgan fingerprint density at radius 1 is 0.519 bits per heavy atom. The normalized spacial score (nSPS) is 20.5. The molecule has 0 aromatic heterocycles. The van der Waals surface area contributed by atoms with Crippen LogP contribution in [-0.2, 0) is 9.59 Å². The van der Waals surface area contributed by atoms with E-state index in [-0.39, 0.29) is 11.8 Å². The van der Waals surface area contributed by atoms with Crippen LogP contribution in [-0.4, -0.2) is 44.3 Å². The Balaban J connectivity index is 0.954. The van der Waals surface area contributed by atoms with Crippen LogP contribution in [0.15, 0.2) is 189 Å². The van der Waals surface area contributed by atoms with Crippen molar-refractivity contribution in [3.05, 3.63) is 191 Å². The highest BCUT2D eigenvalue weighted by Crippen LogP contribution is 2.50. The second-order valence-corrected chi connectivity index (χ2v) is 14.9. The molecule has 0 saturated heterocycles. The van der Waals surface area contributed by atoms with Crippen molar-refractivity contribution in [2.45, 2.75) is 20.8 Å². The Kier molecular flexibility index (Phi) is 9.04. The van der Waals surface area contributed by atoms with Crippen LogP contribution in [0.1, 0.15) is 22.3 Å². The number of aliphatic imine (C=N–C) groups is 2. The molecule has 10 heteroatoms. The van der Waals surface area contributed by atoms with Gasteiger partial charge in [-0.25, -0.2) is 9.98 Å². The molecular weight excluding hydrogens is 709 g/mol. The number of hydrogen-bond donors (Lipinski definition) is 2. The molecule has 0 spiro atoms. The van der Waals surface area contributed by atoms with E-state index in [1.807, 2.05) is 146 Å². The molecular formula is C44H32N6O2S2. The first-order valence-electron chi connectivity index (χ1n) is 17.5. The first-order chi connectivity index (χ1) is 26.6. The van der Waals surface area contributed by atoms with Gasteiger partial charge < -0.3 is 10.6 Å². The maximum Gasteiger partial charge on any atom is 0.280 e. The minimum Gasteiger partial charge on any atom is -0.355 e. The molecule has 5 aromatic carbocycles. The summed E-state index contributed by atoms with van der Waals surface area (Å²) in [6, 6.07) is 43.7. The first kappa shape index (κ1) is 33.5. The summed E-state index contributed by atoms with van der Waals surface area (Å²) in [6.45, 7) is 0. The summed E-state index contributed by atoms with van der Waals surface area (Å²) < 4.78 is 0. The molecule has 5 aromatic rings. The van der Waals surface area contributed by atoms with E-state index in [1.165, 1.54) is 0 Å². The van der Waals surface area contributed by atoms with Gasteiger partial charge in [-0.2, -0.15) is 0 Å². The number of amides is 2. The van der Waals surface area contributed by atoms with Crippen molar-refractivity contribution in [2.75, 3.05) is 10.6 Å². The van der Waals surface area contributed by atoms with E-state index in [9.17, 15) is 9.59 Å². The minimum atomic E-state index is -0.410. The second kappa shape index (κ2) is 14.6. The topological polar surface area (TPSA) is 89.4 Å². The van der Waals surface area contributed by atoms with Crippen molar-refractivity contribution in [2.24, 2.45) is 9.98 Å². The Morgan fingerprint density at radius 2 is 0.889 bits per heavy atom. The van der Waals surface area contributed by atoms with Gasteiger partial charge in [0.2, 0.25) is 0 Å². The summed E-state index contributed by atoms with van der Waals surface area (Å²) in [6.07, 6.45) is 11.2. The summed E-state index contributed by atoms with van der Waals surface area (Å²) in [4.78, 5) is 43.1. The zero-order valence-electron chi connectivity index (χ0n) is 28.7. The SMILES string of the molecule is O=C1/C(=C/C=C/c2ccccc2)N=C(c2ccccc2)N1C1Nc2cc3c(cc2S1)NC(N1C(=O)/C(=C/C=C/c2ccccc2)N=C1c1ccccc1)S3. The molecule has 2 unspecified atom stereocenters. The highest BCUT2D eigenvalue weighted by Gasteiger charge is 2.43. The summed E-state index contributed by atoms with van der Waals surface area (Å²) >= 11 is 3.12. The van der Waals surface area contributed by atoms with Crippen molar-refractivity contribution in [1.29, 1.82) is 0 Å². The molecule has 2 amide bonds. The van der Waals surface area contributed by atoms with Gasteiger partial charge in [0.25, 0.3) is 11.8 Å². The fraction of sp³-hybridized carbons (Fsp3) is 0.0455. The van der Waals surface area contributed by atoms with Crippen molar-refractivity contribution >= 4 is 70.5 Å². The van der Waals surface area contributed by atoms with Gasteiger partial charge in [-0.1, -0.05) is 169 Å². The number of carbonyl (C=O) groups is 2. The lowest BCUT2D eigenvalue weighted by Gasteiger charge is -2.25. The molecule has 0 fully saturated rings. The van der Waals surface area contributed by atoms with Crippen LogP contribution in [0.4, 0.5) is 11.4 Å². The standard InChI is InChI=1S/C44H32N6O2S2/c51-41-33(25-13-19-29-15-5-1-6-16-29)45-39(31-21-9-3-10-22-31)49(41)43-47-35-27-38-36(28-37(35)53-43)48-44(54-38)50-40(32-23-11-4-12-24-32)46-34(42(50)52)26-14-20-30-17-7-2-8-18-30/h1-28,43-44,47-48H/b19-13+,20-14+,33-25-,34-26-. The second-order valence-electron chi connectivity index (χ2n) is 12.7. The molecule has 9 rings (SSSR count). The predicted octanol–water partition coefficient (Wildman–Crippen LogP) is 9.06. The predicted molar refractivity (Wildman–Crippen MR) is 220 cm³/mol. The third kappa shape index (κ3) is 6.57. The lowest BCUT2D eigenvalue weighted by Crippen LogP contribution is -2.42. The number of carbonyl (C=O) groups excluding carboxylic acids is 2. The van der Waals surface area contributed by atoms with Gasteiger partial charge in [0.05, 0.1) is 11.4 Å². The summed E-state index contributed by atoms with van der Waals surface area (Å²) in [5, 5.41) is 7.18. The third-order valence-corrected chi connectivity index (χ3v) is 11.4. The van der Waals surface area contributed by atoms with E-state index < -0.39 is 11.0 Å². The van der Waals surface area contributed by atoms with E-state index in [1.54, 1.807) is 45.5 Å². The Morgan fingerprint density at radius 3 is 1.28 bits per heavy atom. The number of allylic oxidation sites excluding steroid dienone is 4. The molecule has 262 valence electrons. The summed E-state index contributed by atoms with van der Waals surface area (Å²) in [5.41, 5.74) is 5.55. The number of rotatable bonds is 8. The van der Waals surface area contributed by atoms with Crippen LogP contribution < -0.4 is 10.6 Å². The van der Waals surface area contributed by atoms with E-state index in [0.29, 0.717) is 23.1 Å². The third-order valence-electron chi connectivity index (χ3n) is 9.12. The monoisotopic (exact) mass is 740 g/mol. The van der Waals surface area contributed by atoms with Gasteiger partial charge in [0.15, 0.2) is 11.0 Å². The Labute approximate surface area is 321 Å². The molecule has 4 heterocycles. The van der Waals surface area contributed by atoms with Crippen molar-refractivity contribution in [3.8, 4) is 0 Å². The molecule has 2 N–H and O–H groups in total. The van der Waals surface area contributed by atoms with E-state index >= 15 is 0 Å². The van der Waals surface area contributed by atoms with Crippen LogP contribution in [0.25, 0.3) is 12.2 Å². The van der Waals surface area contributed by atoms with Gasteiger partial charge in [-0.05, 0) is 35.4 Å². The van der Waals surface area contributed by atoms with E-state index in [4.69, 9.17) is 9.98 Å². The highest BCUT2D eigenvalue weighted by molar-refractivity contribution is 8.01. The van der Waals surface area contributed by atoms with Crippen molar-refractivity contribution in [1.82, 2.24) is 9.80 Å². The zero-order valence-corrected chi connectivity index (χ0v) is 30.4. The highest BCUT2D eigenvalue weighted by atomic mass is 32.2. The average Bonchev–Trinajstić information content (AvgIpc) is 3.98. The Hall–Kier alpha value is -6.36. The van der Waals surface area contributed by atoms with Crippen LogP contribution in [0.2, 0.25) is 0 Å². The van der Waals surface area contributed by atoms with Crippen molar-refractivity contribution < 1.29 is 9.59 Å². The quantitative estimate of drug-likeness (QED) is 0.154. The van der Waals surface area contributed by atoms with Crippen LogP contribution >= 0.6 is 23.5 Å². The van der Waals surface area contributed by atoms with Crippen LogP contribution in [0, 0.1) is 0 Å². The van der Waals surface area contributed by atoms with Gasteiger partial charge in [0.1, 0.15) is 23.1 Å². The average molecular weight is 741 g/mol. The molecule has 8 nitrogen and oxygen atoms in total. The Bertz CT molecular complexity index is 2240. The molecule has 4 aliphatic rings. The van der Waals surface area contributed by atoms with E-state index in [0.717, 1.165) is 43.4 Å². The molecule has 0 saturated carbocycles. The number of amidine groups is 2. The minimum absolute atomic E-state index is 0.174. The fourth-order valence-corrected chi connectivity index (χ4v) is 8.83. The van der Waals surface area contributed by atoms with Gasteiger partial charge >= 0.3 is 0 Å². The smallest absolute Gasteiger partial charge is 0.280 e. The van der Waals surface area contributed by atoms with Gasteiger partial charge in [0, 0.05) is 20.9 Å². The molecule has 54 heavy (non-hydrogen) atoms. The fourth-order valence-electron chi connectivity index (χ4n) is 6.51. The largest absolute Gasteiger partial charge is 0.355 e. The number of fused-ring (bicyclic) bond motifs is 2.